The quantitative estimate of drug-likeness (QED) is 0.509. The van der Waals surface area contributed by atoms with E-state index < -0.39 is 0 Å². The molecule has 0 atom stereocenters. The average molecular weight is 182 g/mol. The van der Waals surface area contributed by atoms with Crippen molar-refractivity contribution in [2.24, 2.45) is 5.73 Å². The van der Waals surface area contributed by atoms with E-state index in [1.165, 1.54) is 11.9 Å². The minimum atomic E-state index is 0. The second-order valence-electron chi connectivity index (χ2n) is 1.45. The minimum absolute atomic E-state index is 0. The Kier molecular flexibility index (Phi) is 5.48. The summed E-state index contributed by atoms with van der Waals surface area (Å²) in [6, 6.07) is 3.84. The molecule has 0 bridgehead atoms. The summed E-state index contributed by atoms with van der Waals surface area (Å²) < 4.78 is 2.29. The van der Waals surface area contributed by atoms with Gasteiger partial charge in [0.15, 0.2) is 4.32 Å². The molecule has 1 aromatic rings. The summed E-state index contributed by atoms with van der Waals surface area (Å²) in [7, 11) is 0. The number of aromatic nitrogens is 1. The van der Waals surface area contributed by atoms with E-state index in [2.05, 4.69) is 12.2 Å². The predicted octanol–water partition coefficient (Wildman–Crippen LogP) is 0.579. The van der Waals surface area contributed by atoms with Crippen molar-refractivity contribution < 1.29 is 0 Å². The fourth-order valence-corrected chi connectivity index (χ4v) is 1.21. The summed E-state index contributed by atoms with van der Waals surface area (Å²) in [6.07, 6.45) is 3.79. The van der Waals surface area contributed by atoms with Gasteiger partial charge in [0.2, 0.25) is 0 Å². The van der Waals surface area contributed by atoms with Crippen molar-refractivity contribution in [1.82, 2.24) is 3.97 Å². The zero-order valence-electron chi connectivity index (χ0n) is 4.65. The standard InChI is InChI=1S/C5H6N2S2.Na.H/c6-5(8)9-7-3-1-2-4-7;;/h1-4H,(H2,6,8);;. The third-order valence-corrected chi connectivity index (χ3v) is 1.63. The van der Waals surface area contributed by atoms with Gasteiger partial charge in [-0.1, -0.05) is 12.2 Å². The van der Waals surface area contributed by atoms with Crippen LogP contribution in [0.25, 0.3) is 0 Å². The van der Waals surface area contributed by atoms with Crippen LogP contribution in [-0.2, 0) is 0 Å². The molecule has 5 heteroatoms. The third-order valence-electron chi connectivity index (χ3n) is 0.772. The number of hydrogen-bond acceptors (Lipinski definition) is 2. The normalized spacial score (nSPS) is 8.40. The van der Waals surface area contributed by atoms with Gasteiger partial charge in [0.05, 0.1) is 0 Å². The molecule has 0 amide bonds. The average Bonchev–Trinajstić information content (AvgIpc) is 2.15. The van der Waals surface area contributed by atoms with E-state index in [4.69, 9.17) is 5.73 Å². The van der Waals surface area contributed by atoms with Crippen molar-refractivity contribution in [2.45, 2.75) is 0 Å². The van der Waals surface area contributed by atoms with Gasteiger partial charge in [-0.25, -0.2) is 0 Å². The number of rotatable bonds is 1. The summed E-state index contributed by atoms with van der Waals surface area (Å²) in [5, 5.41) is 0. The van der Waals surface area contributed by atoms with Crippen LogP contribution >= 0.6 is 24.2 Å². The molecule has 1 heterocycles. The van der Waals surface area contributed by atoms with E-state index in [1.807, 2.05) is 28.5 Å². The van der Waals surface area contributed by atoms with Crippen LogP contribution in [-0.4, -0.2) is 37.9 Å². The zero-order chi connectivity index (χ0) is 6.69. The van der Waals surface area contributed by atoms with Crippen molar-refractivity contribution in [3.05, 3.63) is 24.5 Å². The maximum absolute atomic E-state index is 5.26. The van der Waals surface area contributed by atoms with Gasteiger partial charge in [-0.05, 0) is 12.1 Å². The molecule has 50 valence electrons. The molecule has 0 aliphatic heterocycles. The number of thiocarbonyl (C=S) groups is 1. The van der Waals surface area contributed by atoms with Crippen LogP contribution < -0.4 is 5.73 Å². The van der Waals surface area contributed by atoms with Crippen molar-refractivity contribution in [1.29, 1.82) is 0 Å². The van der Waals surface area contributed by atoms with E-state index >= 15 is 0 Å². The van der Waals surface area contributed by atoms with E-state index in [1.54, 1.807) is 0 Å². The first-order valence-corrected chi connectivity index (χ1v) is 3.58. The zero-order valence-corrected chi connectivity index (χ0v) is 6.28. The van der Waals surface area contributed by atoms with Crippen molar-refractivity contribution in [3.63, 3.8) is 0 Å². The topological polar surface area (TPSA) is 30.9 Å². The SMILES string of the molecule is NC(=S)Sn1cccc1.[NaH]. The Morgan fingerprint density at radius 1 is 1.40 bits per heavy atom. The van der Waals surface area contributed by atoms with Gasteiger partial charge in [-0.3, -0.25) is 3.97 Å². The van der Waals surface area contributed by atoms with Gasteiger partial charge < -0.3 is 5.73 Å². The third kappa shape index (κ3) is 3.63. The second-order valence-corrected chi connectivity index (χ2v) is 3.20. The molecular weight excluding hydrogens is 175 g/mol. The van der Waals surface area contributed by atoms with E-state index in [9.17, 15) is 0 Å². The van der Waals surface area contributed by atoms with Crippen LogP contribution in [0.3, 0.4) is 0 Å². The van der Waals surface area contributed by atoms with Gasteiger partial charge in [0, 0.05) is 24.3 Å². The van der Waals surface area contributed by atoms with Crippen molar-refractivity contribution in [3.8, 4) is 0 Å². The van der Waals surface area contributed by atoms with Gasteiger partial charge in [0.1, 0.15) is 0 Å². The van der Waals surface area contributed by atoms with Gasteiger partial charge in [0.25, 0.3) is 0 Å². The molecule has 2 N–H and O–H groups in total. The Morgan fingerprint density at radius 3 is 2.30 bits per heavy atom. The van der Waals surface area contributed by atoms with Crippen LogP contribution in [0.4, 0.5) is 0 Å². The van der Waals surface area contributed by atoms with Gasteiger partial charge >= 0.3 is 29.6 Å². The number of nitrogens with two attached hydrogens (primary N) is 1. The Balaban J connectivity index is 0.000000810. The van der Waals surface area contributed by atoms with Crippen LogP contribution in [0.2, 0.25) is 0 Å². The first kappa shape index (κ1) is 10.5. The fourth-order valence-electron chi connectivity index (χ4n) is 0.483. The Morgan fingerprint density at radius 2 is 1.90 bits per heavy atom. The fraction of sp³-hybridized carbons (Fsp3) is 0. The summed E-state index contributed by atoms with van der Waals surface area (Å²) >= 11 is 5.99. The molecule has 1 rings (SSSR count). The molecule has 1 aromatic heterocycles. The van der Waals surface area contributed by atoms with Crippen LogP contribution in [0, 0.1) is 0 Å². The molecule has 0 fully saturated rings. The maximum atomic E-state index is 5.26. The van der Waals surface area contributed by atoms with E-state index in [-0.39, 0.29) is 29.6 Å². The molecular formula is C5H7N2NaS2. The summed E-state index contributed by atoms with van der Waals surface area (Å²) in [4.78, 5) is 0. The van der Waals surface area contributed by atoms with Crippen molar-refractivity contribution in [2.75, 3.05) is 0 Å². The Labute approximate surface area is 91.6 Å². The Bertz CT molecular complexity index is 197. The van der Waals surface area contributed by atoms with Gasteiger partial charge in [-0.2, -0.15) is 0 Å². The molecule has 0 radical (unpaired) electrons. The van der Waals surface area contributed by atoms with Crippen LogP contribution in [0.1, 0.15) is 0 Å². The van der Waals surface area contributed by atoms with Crippen LogP contribution in [0.5, 0.6) is 0 Å². The van der Waals surface area contributed by atoms with Crippen LogP contribution in [0.15, 0.2) is 24.5 Å². The molecule has 10 heavy (non-hydrogen) atoms. The first-order valence-electron chi connectivity index (χ1n) is 2.40. The molecule has 0 aliphatic rings. The molecule has 2 nitrogen and oxygen atoms in total. The van der Waals surface area contributed by atoms with Crippen molar-refractivity contribution >= 4 is 58.0 Å². The molecule has 0 saturated heterocycles. The molecule has 0 saturated carbocycles. The van der Waals surface area contributed by atoms with E-state index in [0.717, 1.165) is 0 Å². The Hall–Kier alpha value is 0.520. The second kappa shape index (κ2) is 5.21. The monoisotopic (exact) mass is 182 g/mol. The predicted molar refractivity (Wildman–Crippen MR) is 51.4 cm³/mol. The molecule has 0 unspecified atom stereocenters. The summed E-state index contributed by atoms with van der Waals surface area (Å²) in [6.45, 7) is 0. The summed E-state index contributed by atoms with van der Waals surface area (Å²) in [5.74, 6) is 0. The number of nitrogens with zero attached hydrogens (tertiary/aromatic N) is 1. The molecule has 0 aliphatic carbocycles. The molecule has 0 aromatic carbocycles. The van der Waals surface area contributed by atoms with E-state index in [0.29, 0.717) is 4.32 Å². The summed E-state index contributed by atoms with van der Waals surface area (Å²) in [5.41, 5.74) is 5.26. The van der Waals surface area contributed by atoms with Gasteiger partial charge in [-0.15, -0.1) is 0 Å². The first-order chi connectivity index (χ1) is 4.29. The number of hydrogen-bond donors (Lipinski definition) is 1. The molecule has 0 spiro atoms.